The highest BCUT2D eigenvalue weighted by molar-refractivity contribution is 5.62. The third-order valence-electron chi connectivity index (χ3n) is 3.08. The van der Waals surface area contributed by atoms with E-state index in [0.29, 0.717) is 16.5 Å². The minimum absolute atomic E-state index is 0.216. The van der Waals surface area contributed by atoms with Crippen LogP contribution >= 0.6 is 0 Å². The number of nitrogens with zero attached hydrogens (tertiary/aromatic N) is 2. The quantitative estimate of drug-likeness (QED) is 0.772. The Balaban J connectivity index is 2.15. The first kappa shape index (κ1) is 13.6. The van der Waals surface area contributed by atoms with Gasteiger partial charge in [-0.25, -0.2) is 4.98 Å². The van der Waals surface area contributed by atoms with Gasteiger partial charge in [0.25, 0.3) is 5.56 Å². The first-order valence-corrected chi connectivity index (χ1v) is 6.75. The molecule has 0 amide bonds. The second-order valence-corrected chi connectivity index (χ2v) is 4.96. The van der Waals surface area contributed by atoms with Crippen LogP contribution in [0.2, 0.25) is 5.02 Å². The number of benzene rings is 1. The summed E-state index contributed by atoms with van der Waals surface area (Å²) >= 11 is 5.10. The highest BCUT2D eigenvalue weighted by atomic mass is 35.5. The first-order chi connectivity index (χ1) is 10.2. The summed E-state index contributed by atoms with van der Waals surface area (Å²) in [5.74, 6) is 0.342. The van der Waals surface area contributed by atoms with E-state index in [1.807, 2.05) is 12.1 Å². The number of fused-ring (bicyclic) bond motifs is 1. The van der Waals surface area contributed by atoms with Crippen molar-refractivity contribution in [1.29, 1.82) is 0 Å². The van der Waals surface area contributed by atoms with Gasteiger partial charge in [0.1, 0.15) is 11.5 Å². The van der Waals surface area contributed by atoms with Crippen molar-refractivity contribution >= 4 is 17.2 Å². The van der Waals surface area contributed by atoms with Gasteiger partial charge in [0, 0.05) is 24.0 Å². The van der Waals surface area contributed by atoms with Gasteiger partial charge in [0.15, 0.2) is 11.6 Å². The lowest BCUT2D eigenvalue weighted by molar-refractivity contribution is -0.288. The van der Waals surface area contributed by atoms with E-state index in [0.717, 1.165) is 5.69 Å². The van der Waals surface area contributed by atoms with Gasteiger partial charge in [-0.05, 0) is 18.2 Å². The number of aromatic nitrogens is 2. The summed E-state index contributed by atoms with van der Waals surface area (Å²) in [6.07, 6.45) is 1.62. The van der Waals surface area contributed by atoms with Crippen LogP contribution in [-0.4, -0.2) is 14.5 Å². The highest BCUT2D eigenvalue weighted by Gasteiger charge is 2.12. The van der Waals surface area contributed by atoms with Crippen molar-refractivity contribution < 1.29 is 16.7 Å². The van der Waals surface area contributed by atoms with Gasteiger partial charge >= 0.3 is 0 Å². The zero-order valence-corrected chi connectivity index (χ0v) is 11.8. The van der Waals surface area contributed by atoms with Crippen LogP contribution < -0.4 is 10.9 Å². The zero-order chi connectivity index (χ0) is 14.8. The second kappa shape index (κ2) is 5.55. The number of rotatable bonds is 3. The SMILES string of the molecule is O=c1c(CO)c(Nc2cccc([ClH+])c2)nc2ccccn12. The third-order valence-corrected chi connectivity index (χ3v) is 3.34. The molecule has 3 aromatic rings. The molecule has 0 aliphatic rings. The number of pyridine rings is 1. The Kier molecular flexibility index (Phi) is 3.60. The molecule has 3 rings (SSSR count). The lowest BCUT2D eigenvalue weighted by Crippen LogP contribution is -2.21. The maximum Gasteiger partial charge on any atom is 0.265 e. The monoisotopic (exact) mass is 302 g/mol. The lowest BCUT2D eigenvalue weighted by Gasteiger charge is -2.10. The molecule has 1 aromatic carbocycles. The van der Waals surface area contributed by atoms with Gasteiger partial charge < -0.3 is 10.4 Å². The summed E-state index contributed by atoms with van der Waals surface area (Å²) < 4.78 is 1.40. The van der Waals surface area contributed by atoms with Crippen LogP contribution in [0.1, 0.15) is 5.56 Å². The molecule has 0 aliphatic heterocycles. The Morgan fingerprint density at radius 3 is 2.86 bits per heavy atom. The molecule has 0 aliphatic carbocycles. The molecule has 6 heteroatoms. The molecule has 0 unspecified atom stereocenters. The standard InChI is InChI=1S/C15H12ClN3O2/c16-10-4-3-5-11(8-10)17-14-12(9-20)15(21)19-7-2-1-6-13(19)18-14/h1-8,16,20H,9H2/p+1. The van der Waals surface area contributed by atoms with Gasteiger partial charge in [-0.2, -0.15) is 0 Å². The number of hydrogen-bond donors (Lipinski definition) is 2. The molecular formula is C15H13ClN3O2+. The molecular weight excluding hydrogens is 290 g/mol. The molecule has 0 saturated carbocycles. The molecule has 5 nitrogen and oxygen atoms in total. The Morgan fingerprint density at radius 1 is 1.24 bits per heavy atom. The minimum atomic E-state index is -0.389. The van der Waals surface area contributed by atoms with E-state index in [9.17, 15) is 9.90 Å². The highest BCUT2D eigenvalue weighted by Crippen LogP contribution is 2.19. The molecule has 0 radical (unpaired) electrons. The average Bonchev–Trinajstić information content (AvgIpc) is 2.48. The Morgan fingerprint density at radius 2 is 2.10 bits per heavy atom. The molecule has 0 bridgehead atoms. The number of anilines is 2. The summed E-state index contributed by atoms with van der Waals surface area (Å²) in [6, 6.07) is 12.5. The number of hydrogen-bond acceptors (Lipinski definition) is 4. The predicted octanol–water partition coefficient (Wildman–Crippen LogP) is 1.63. The summed E-state index contributed by atoms with van der Waals surface area (Å²) in [4.78, 5) is 16.7. The van der Waals surface area contributed by atoms with Crippen molar-refractivity contribution in [3.8, 4) is 0 Å². The smallest absolute Gasteiger partial charge is 0.265 e. The molecule has 0 spiro atoms. The van der Waals surface area contributed by atoms with E-state index in [4.69, 9.17) is 11.6 Å². The van der Waals surface area contributed by atoms with Crippen LogP contribution in [0.25, 0.3) is 5.65 Å². The van der Waals surface area contributed by atoms with Crippen LogP contribution in [0, 0.1) is 11.6 Å². The summed E-state index contributed by atoms with van der Waals surface area (Å²) in [7, 11) is 0. The predicted molar refractivity (Wildman–Crippen MR) is 77.7 cm³/mol. The van der Waals surface area contributed by atoms with Crippen molar-refractivity contribution in [3.63, 3.8) is 0 Å². The van der Waals surface area contributed by atoms with E-state index in [-0.39, 0.29) is 17.7 Å². The maximum absolute atomic E-state index is 12.3. The van der Waals surface area contributed by atoms with Crippen molar-refractivity contribution in [2.24, 2.45) is 0 Å². The Hall–Kier alpha value is -2.37. The fraction of sp³-hybridized carbons (Fsp3) is 0.0667. The number of aliphatic hydroxyl groups excluding tert-OH is 1. The molecule has 106 valence electrons. The van der Waals surface area contributed by atoms with Gasteiger partial charge in [-0.15, -0.1) is 0 Å². The first-order valence-electron chi connectivity index (χ1n) is 6.34. The van der Waals surface area contributed by atoms with E-state index in [2.05, 4.69) is 10.3 Å². The number of aliphatic hydroxyl groups is 1. The maximum atomic E-state index is 12.3. The van der Waals surface area contributed by atoms with E-state index < -0.39 is 0 Å². The van der Waals surface area contributed by atoms with Crippen LogP contribution in [0.4, 0.5) is 11.5 Å². The van der Waals surface area contributed by atoms with E-state index in [1.54, 1.807) is 36.5 Å². The van der Waals surface area contributed by atoms with Crippen molar-refractivity contribution in [1.82, 2.24) is 9.38 Å². The molecule has 2 heterocycles. The van der Waals surface area contributed by atoms with Crippen molar-refractivity contribution in [3.05, 3.63) is 69.6 Å². The van der Waals surface area contributed by atoms with Gasteiger partial charge in [0.2, 0.25) is 5.02 Å². The summed E-state index contributed by atoms with van der Waals surface area (Å²) in [5.41, 5.74) is 1.16. The Labute approximate surface area is 125 Å². The number of nitrogens with one attached hydrogen (secondary N) is 1. The molecule has 0 atom stereocenters. The summed E-state index contributed by atoms with van der Waals surface area (Å²) in [5, 5.41) is 13.2. The van der Waals surface area contributed by atoms with Crippen LogP contribution in [0.15, 0.2) is 53.5 Å². The fourth-order valence-electron chi connectivity index (χ4n) is 2.08. The van der Waals surface area contributed by atoms with Crippen LogP contribution in [0.5, 0.6) is 0 Å². The van der Waals surface area contributed by atoms with Gasteiger partial charge in [-0.1, -0.05) is 12.1 Å². The lowest BCUT2D eigenvalue weighted by atomic mass is 10.2. The topological polar surface area (TPSA) is 66.6 Å². The van der Waals surface area contributed by atoms with Crippen LogP contribution in [0.3, 0.4) is 0 Å². The van der Waals surface area contributed by atoms with Crippen LogP contribution in [-0.2, 0) is 6.61 Å². The van der Waals surface area contributed by atoms with E-state index >= 15 is 0 Å². The van der Waals surface area contributed by atoms with E-state index in [1.165, 1.54) is 4.40 Å². The number of halogens is 1. The van der Waals surface area contributed by atoms with Gasteiger partial charge in [-0.3, -0.25) is 9.20 Å². The third kappa shape index (κ3) is 2.61. The average molecular weight is 303 g/mol. The van der Waals surface area contributed by atoms with Gasteiger partial charge in [0.05, 0.1) is 12.2 Å². The van der Waals surface area contributed by atoms with Crippen molar-refractivity contribution in [2.45, 2.75) is 6.61 Å². The molecule has 2 aromatic heterocycles. The molecule has 0 saturated heterocycles. The minimum Gasteiger partial charge on any atom is -0.391 e. The largest absolute Gasteiger partial charge is 0.391 e. The molecule has 21 heavy (non-hydrogen) atoms. The normalized spacial score (nSPS) is 10.8. The molecule has 2 N–H and O–H groups in total. The Bertz CT molecular complexity index is 861. The zero-order valence-electron chi connectivity index (χ0n) is 11.0. The fourth-order valence-corrected chi connectivity index (χ4v) is 2.29. The molecule has 0 fully saturated rings. The second-order valence-electron chi connectivity index (χ2n) is 4.48. The summed E-state index contributed by atoms with van der Waals surface area (Å²) in [6.45, 7) is -0.389. The van der Waals surface area contributed by atoms with Crippen molar-refractivity contribution in [2.75, 3.05) is 5.32 Å².